The Balaban J connectivity index is 2.21. The van der Waals surface area contributed by atoms with Crippen LogP contribution in [0.15, 0.2) is 18.2 Å². The molecule has 3 N–H and O–H groups in total. The molecule has 1 aromatic rings. The minimum absolute atomic E-state index is 0.0265. The van der Waals surface area contributed by atoms with E-state index in [1.54, 1.807) is 18.2 Å². The number of nitrogen functional groups attached to an aromatic ring is 1. The van der Waals surface area contributed by atoms with Gasteiger partial charge in [-0.3, -0.25) is 4.79 Å². The number of nitrogens with zero attached hydrogens (tertiary/aromatic N) is 1. The summed E-state index contributed by atoms with van der Waals surface area (Å²) in [4.78, 5) is 14.6. The van der Waals surface area contributed by atoms with Crippen LogP contribution in [0.4, 0.5) is 5.69 Å². The van der Waals surface area contributed by atoms with Gasteiger partial charge in [0.25, 0.3) is 5.91 Å². The molecule has 116 valence electrons. The summed E-state index contributed by atoms with van der Waals surface area (Å²) in [5, 5.41) is 9.17. The van der Waals surface area contributed by atoms with Crippen molar-refractivity contribution in [1.29, 1.82) is 0 Å². The van der Waals surface area contributed by atoms with E-state index >= 15 is 0 Å². The molecular formula is C16H24N2O3. The van der Waals surface area contributed by atoms with Crippen LogP contribution in [0.1, 0.15) is 43.0 Å². The van der Waals surface area contributed by atoms with E-state index in [0.717, 1.165) is 25.8 Å². The molecule has 5 heteroatoms. The molecule has 0 spiro atoms. The minimum atomic E-state index is -0.0265. The lowest BCUT2D eigenvalue weighted by Gasteiger charge is -2.35. The molecule has 1 aliphatic heterocycles. The number of aliphatic hydroxyl groups is 1. The van der Waals surface area contributed by atoms with E-state index in [-0.39, 0.29) is 18.6 Å². The van der Waals surface area contributed by atoms with Gasteiger partial charge < -0.3 is 20.5 Å². The smallest absolute Gasteiger partial charge is 0.254 e. The zero-order valence-electron chi connectivity index (χ0n) is 12.5. The fraction of sp³-hybridized carbons (Fsp3) is 0.562. The predicted octanol–water partition coefficient (Wildman–Crippen LogP) is 2.04. The molecule has 1 saturated heterocycles. The molecule has 0 bridgehead atoms. The Morgan fingerprint density at radius 2 is 2.24 bits per heavy atom. The first-order valence-electron chi connectivity index (χ1n) is 7.61. The highest BCUT2D eigenvalue weighted by molar-refractivity contribution is 5.95. The van der Waals surface area contributed by atoms with Gasteiger partial charge in [-0.15, -0.1) is 0 Å². The summed E-state index contributed by atoms with van der Waals surface area (Å²) in [6.45, 7) is 3.28. The van der Waals surface area contributed by atoms with Gasteiger partial charge in [0.05, 0.1) is 6.61 Å². The third kappa shape index (κ3) is 3.88. The number of hydrogen-bond donors (Lipinski definition) is 2. The highest BCUT2D eigenvalue weighted by atomic mass is 16.5. The molecule has 0 aliphatic carbocycles. The van der Waals surface area contributed by atoms with Crippen LogP contribution in [-0.2, 0) is 0 Å². The molecule has 0 saturated carbocycles. The second-order valence-corrected chi connectivity index (χ2v) is 5.38. The zero-order chi connectivity index (χ0) is 15.2. The quantitative estimate of drug-likeness (QED) is 0.814. The van der Waals surface area contributed by atoms with Gasteiger partial charge in [-0.25, -0.2) is 0 Å². The van der Waals surface area contributed by atoms with Crippen molar-refractivity contribution in [3.63, 3.8) is 0 Å². The molecule has 0 radical (unpaired) electrons. The fourth-order valence-electron chi connectivity index (χ4n) is 2.88. The number of carbonyl (C=O) groups excluding carboxylic acids is 1. The van der Waals surface area contributed by atoms with Crippen LogP contribution in [0.2, 0.25) is 0 Å². The highest BCUT2D eigenvalue weighted by Gasteiger charge is 2.27. The van der Waals surface area contributed by atoms with Crippen molar-refractivity contribution < 1.29 is 14.6 Å². The van der Waals surface area contributed by atoms with Crippen LogP contribution in [0.5, 0.6) is 5.75 Å². The van der Waals surface area contributed by atoms with Gasteiger partial charge in [0.1, 0.15) is 5.75 Å². The summed E-state index contributed by atoms with van der Waals surface area (Å²) >= 11 is 0. The highest BCUT2D eigenvalue weighted by Crippen LogP contribution is 2.25. The van der Waals surface area contributed by atoms with Crippen molar-refractivity contribution in [2.75, 3.05) is 25.5 Å². The molecule has 1 aromatic carbocycles. The number of ether oxygens (including phenoxy) is 1. The van der Waals surface area contributed by atoms with Crippen molar-refractivity contribution >= 4 is 11.6 Å². The number of hydrogen-bond acceptors (Lipinski definition) is 4. The Morgan fingerprint density at radius 3 is 2.95 bits per heavy atom. The first-order valence-corrected chi connectivity index (χ1v) is 7.61. The molecule has 1 heterocycles. The molecule has 1 atom stereocenters. The Kier molecular flexibility index (Phi) is 5.44. The topological polar surface area (TPSA) is 75.8 Å². The number of anilines is 1. The van der Waals surface area contributed by atoms with Crippen molar-refractivity contribution in [1.82, 2.24) is 4.90 Å². The first kappa shape index (κ1) is 15.6. The summed E-state index contributed by atoms with van der Waals surface area (Å²) in [5.41, 5.74) is 6.95. The minimum Gasteiger partial charge on any atom is -0.494 e. The molecule has 21 heavy (non-hydrogen) atoms. The molecule has 0 aromatic heterocycles. The van der Waals surface area contributed by atoms with Crippen LogP contribution in [-0.4, -0.2) is 41.7 Å². The van der Waals surface area contributed by atoms with Gasteiger partial charge in [0, 0.05) is 36.5 Å². The van der Waals surface area contributed by atoms with Gasteiger partial charge in [-0.1, -0.05) is 0 Å². The van der Waals surface area contributed by atoms with Gasteiger partial charge >= 0.3 is 0 Å². The number of amides is 1. The normalized spacial score (nSPS) is 18.6. The van der Waals surface area contributed by atoms with E-state index in [1.807, 2.05) is 11.8 Å². The van der Waals surface area contributed by atoms with Crippen molar-refractivity contribution in [3.05, 3.63) is 23.8 Å². The molecule has 1 aliphatic rings. The van der Waals surface area contributed by atoms with Crippen molar-refractivity contribution in [2.24, 2.45) is 0 Å². The molecular weight excluding hydrogens is 268 g/mol. The maximum Gasteiger partial charge on any atom is 0.254 e. The monoisotopic (exact) mass is 292 g/mol. The second-order valence-electron chi connectivity index (χ2n) is 5.38. The van der Waals surface area contributed by atoms with Crippen LogP contribution in [0.3, 0.4) is 0 Å². The van der Waals surface area contributed by atoms with Gasteiger partial charge in [0.15, 0.2) is 0 Å². The number of likely N-dealkylation sites (tertiary alicyclic amines) is 1. The standard InChI is InChI=1S/C16H24N2O3/c1-2-21-15-10-12(9-13(17)11-15)16(20)18-7-4-3-5-14(18)6-8-19/h9-11,14,19H,2-8,17H2,1H3. The summed E-state index contributed by atoms with van der Waals surface area (Å²) in [7, 11) is 0. The van der Waals surface area contributed by atoms with E-state index in [1.165, 1.54) is 0 Å². The second kappa shape index (κ2) is 7.31. The predicted molar refractivity (Wildman–Crippen MR) is 82.4 cm³/mol. The Morgan fingerprint density at radius 1 is 1.43 bits per heavy atom. The summed E-state index contributed by atoms with van der Waals surface area (Å²) < 4.78 is 5.45. The van der Waals surface area contributed by atoms with Crippen LogP contribution >= 0.6 is 0 Å². The number of aliphatic hydroxyl groups excluding tert-OH is 1. The molecule has 1 amide bonds. The Labute approximate surface area is 125 Å². The van der Waals surface area contributed by atoms with E-state index in [0.29, 0.717) is 30.0 Å². The lowest BCUT2D eigenvalue weighted by atomic mass is 9.98. The molecule has 2 rings (SSSR count). The van der Waals surface area contributed by atoms with Crippen LogP contribution < -0.4 is 10.5 Å². The van der Waals surface area contributed by atoms with Gasteiger partial charge in [-0.05, 0) is 44.7 Å². The van der Waals surface area contributed by atoms with Gasteiger partial charge in [-0.2, -0.15) is 0 Å². The lowest BCUT2D eigenvalue weighted by Crippen LogP contribution is -2.44. The number of rotatable bonds is 5. The summed E-state index contributed by atoms with van der Waals surface area (Å²) in [6, 6.07) is 5.28. The van der Waals surface area contributed by atoms with Crippen molar-refractivity contribution in [3.8, 4) is 5.75 Å². The number of piperidine rings is 1. The maximum absolute atomic E-state index is 12.7. The number of nitrogens with two attached hydrogens (primary N) is 1. The largest absolute Gasteiger partial charge is 0.494 e. The zero-order valence-corrected chi connectivity index (χ0v) is 12.5. The van der Waals surface area contributed by atoms with E-state index in [4.69, 9.17) is 15.6 Å². The first-order chi connectivity index (χ1) is 10.2. The summed E-state index contributed by atoms with van der Waals surface area (Å²) in [5.74, 6) is 0.595. The maximum atomic E-state index is 12.7. The number of benzene rings is 1. The SMILES string of the molecule is CCOc1cc(N)cc(C(=O)N2CCCCC2CCO)c1. The molecule has 1 fully saturated rings. The fourth-order valence-corrected chi connectivity index (χ4v) is 2.88. The number of carbonyl (C=O) groups is 1. The van der Waals surface area contributed by atoms with E-state index in [2.05, 4.69) is 0 Å². The van der Waals surface area contributed by atoms with Crippen molar-refractivity contribution in [2.45, 2.75) is 38.6 Å². The average molecular weight is 292 g/mol. The Bertz CT molecular complexity index is 488. The van der Waals surface area contributed by atoms with Crippen LogP contribution in [0.25, 0.3) is 0 Å². The lowest BCUT2D eigenvalue weighted by molar-refractivity contribution is 0.0574. The molecule has 5 nitrogen and oxygen atoms in total. The molecule has 1 unspecified atom stereocenters. The van der Waals surface area contributed by atoms with E-state index in [9.17, 15) is 4.79 Å². The summed E-state index contributed by atoms with van der Waals surface area (Å²) in [6.07, 6.45) is 3.70. The van der Waals surface area contributed by atoms with Gasteiger partial charge in [0.2, 0.25) is 0 Å². The third-order valence-electron chi connectivity index (χ3n) is 3.84. The van der Waals surface area contributed by atoms with Crippen LogP contribution in [0, 0.1) is 0 Å². The average Bonchev–Trinajstić information content (AvgIpc) is 2.47. The Hall–Kier alpha value is -1.75. The van der Waals surface area contributed by atoms with E-state index < -0.39 is 0 Å². The third-order valence-corrected chi connectivity index (χ3v) is 3.84.